The van der Waals surface area contributed by atoms with Crippen molar-refractivity contribution in [2.24, 2.45) is 0 Å². The second-order valence-electron chi connectivity index (χ2n) is 6.82. The molecule has 8 heteroatoms. The number of hydrogen-bond acceptors (Lipinski definition) is 6. The molecule has 156 valence electrons. The average molecular weight is 419 g/mol. The normalized spacial score (nSPS) is 17.3. The molecular weight excluding hydrogens is 392 g/mol. The highest BCUT2D eigenvalue weighted by Gasteiger charge is 2.32. The fraction of sp³-hybridized carbons (Fsp3) is 0.381. The van der Waals surface area contributed by atoms with Crippen LogP contribution in [0.5, 0.6) is 11.5 Å². The fourth-order valence-electron chi connectivity index (χ4n) is 3.28. The van der Waals surface area contributed by atoms with Crippen molar-refractivity contribution in [2.75, 3.05) is 44.9 Å². The highest BCUT2D eigenvalue weighted by molar-refractivity contribution is 7.91. The Balaban J connectivity index is 1.59. The van der Waals surface area contributed by atoms with Gasteiger partial charge in [-0.1, -0.05) is 36.4 Å². The maximum atomic E-state index is 12.9. The third-order valence-corrected chi connectivity index (χ3v) is 6.43. The van der Waals surface area contributed by atoms with E-state index in [4.69, 9.17) is 9.47 Å². The van der Waals surface area contributed by atoms with E-state index in [2.05, 4.69) is 5.32 Å². The summed E-state index contributed by atoms with van der Waals surface area (Å²) in [6.07, 6.45) is 0. The molecule has 1 N–H and O–H groups in total. The number of methoxy groups -OCH3 is 1. The van der Waals surface area contributed by atoms with E-state index in [9.17, 15) is 13.2 Å². The second kappa shape index (κ2) is 9.76. The summed E-state index contributed by atoms with van der Waals surface area (Å²) in [5, 5.41) is 2.91. The lowest BCUT2D eigenvalue weighted by Crippen LogP contribution is -2.48. The summed E-state index contributed by atoms with van der Waals surface area (Å²) >= 11 is 0. The Labute approximate surface area is 171 Å². The summed E-state index contributed by atoms with van der Waals surface area (Å²) in [7, 11) is -1.43. The van der Waals surface area contributed by atoms with Gasteiger partial charge in [-0.15, -0.1) is 0 Å². The molecule has 0 radical (unpaired) electrons. The topological polar surface area (TPSA) is 84.9 Å². The molecule has 1 aliphatic rings. The van der Waals surface area contributed by atoms with Crippen molar-refractivity contribution in [1.29, 1.82) is 0 Å². The van der Waals surface area contributed by atoms with E-state index >= 15 is 0 Å². The molecule has 1 amide bonds. The Morgan fingerprint density at radius 2 is 1.76 bits per heavy atom. The van der Waals surface area contributed by atoms with Crippen molar-refractivity contribution in [3.05, 3.63) is 60.2 Å². The molecule has 2 aromatic rings. The molecule has 0 spiro atoms. The summed E-state index contributed by atoms with van der Waals surface area (Å²) in [5.41, 5.74) is 0.845. The van der Waals surface area contributed by atoms with Gasteiger partial charge in [-0.2, -0.15) is 0 Å². The van der Waals surface area contributed by atoms with Gasteiger partial charge in [0.2, 0.25) is 5.91 Å². The molecule has 1 unspecified atom stereocenters. The quantitative estimate of drug-likeness (QED) is 0.657. The summed E-state index contributed by atoms with van der Waals surface area (Å²) in [6, 6.07) is 16.2. The molecule has 1 atom stereocenters. The van der Waals surface area contributed by atoms with Crippen LogP contribution in [0.4, 0.5) is 0 Å². The maximum Gasteiger partial charge on any atom is 0.242 e. The first-order valence-electron chi connectivity index (χ1n) is 9.52. The monoisotopic (exact) mass is 418 g/mol. The van der Waals surface area contributed by atoms with Crippen LogP contribution in [0.2, 0.25) is 0 Å². The van der Waals surface area contributed by atoms with Crippen molar-refractivity contribution in [1.82, 2.24) is 10.2 Å². The average Bonchev–Trinajstić information content (AvgIpc) is 2.73. The van der Waals surface area contributed by atoms with E-state index in [0.717, 1.165) is 5.56 Å². The van der Waals surface area contributed by atoms with E-state index in [-0.39, 0.29) is 17.4 Å². The summed E-state index contributed by atoms with van der Waals surface area (Å²) in [5.74, 6) is 1.35. The van der Waals surface area contributed by atoms with Crippen molar-refractivity contribution in [3.63, 3.8) is 0 Å². The molecular formula is C21H26N2O5S. The van der Waals surface area contributed by atoms with Crippen LogP contribution in [0.1, 0.15) is 11.6 Å². The lowest BCUT2D eigenvalue weighted by molar-refractivity contribution is -0.126. The smallest absolute Gasteiger partial charge is 0.242 e. The van der Waals surface area contributed by atoms with E-state index in [1.165, 1.54) is 0 Å². The Kier molecular flexibility index (Phi) is 7.11. The summed E-state index contributed by atoms with van der Waals surface area (Å²) in [4.78, 5) is 14.9. The van der Waals surface area contributed by atoms with Crippen molar-refractivity contribution < 1.29 is 22.7 Å². The lowest BCUT2D eigenvalue weighted by atomic mass is 10.0. The zero-order chi connectivity index (χ0) is 20.7. The maximum absolute atomic E-state index is 12.9. The molecule has 1 heterocycles. The SMILES string of the molecule is COc1cccc(OCCNC(=O)C(c2ccccc2)N2CCS(=O)(=O)CC2)c1. The number of amides is 1. The Morgan fingerprint density at radius 3 is 2.45 bits per heavy atom. The number of benzene rings is 2. The zero-order valence-electron chi connectivity index (χ0n) is 16.4. The number of nitrogens with one attached hydrogen (secondary N) is 1. The first kappa shape index (κ1) is 21.1. The van der Waals surface area contributed by atoms with Crippen LogP contribution >= 0.6 is 0 Å². The van der Waals surface area contributed by atoms with Gasteiger partial charge in [0.25, 0.3) is 0 Å². The van der Waals surface area contributed by atoms with E-state index in [0.29, 0.717) is 37.7 Å². The second-order valence-corrected chi connectivity index (χ2v) is 9.12. The number of carbonyl (C=O) groups is 1. The first-order valence-corrected chi connectivity index (χ1v) is 11.3. The summed E-state index contributed by atoms with van der Waals surface area (Å²) in [6.45, 7) is 1.34. The van der Waals surface area contributed by atoms with E-state index in [1.54, 1.807) is 13.2 Å². The summed E-state index contributed by atoms with van der Waals surface area (Å²) < 4.78 is 34.4. The molecule has 0 saturated carbocycles. The van der Waals surface area contributed by atoms with Gasteiger partial charge in [0.15, 0.2) is 9.84 Å². The van der Waals surface area contributed by atoms with Crippen LogP contribution in [0.25, 0.3) is 0 Å². The largest absolute Gasteiger partial charge is 0.497 e. The highest BCUT2D eigenvalue weighted by atomic mass is 32.2. The number of nitrogens with zero attached hydrogens (tertiary/aromatic N) is 1. The molecule has 2 aromatic carbocycles. The molecule has 0 aliphatic carbocycles. The Hall–Kier alpha value is -2.58. The molecule has 1 aliphatic heterocycles. The van der Waals surface area contributed by atoms with Gasteiger partial charge < -0.3 is 14.8 Å². The predicted molar refractivity (Wildman–Crippen MR) is 111 cm³/mol. The molecule has 0 aromatic heterocycles. The number of rotatable bonds is 8. The first-order chi connectivity index (χ1) is 14.0. The minimum absolute atomic E-state index is 0.0720. The molecule has 3 rings (SSSR count). The lowest BCUT2D eigenvalue weighted by Gasteiger charge is -2.33. The van der Waals surface area contributed by atoms with E-state index < -0.39 is 15.9 Å². The fourth-order valence-corrected chi connectivity index (χ4v) is 4.51. The molecule has 7 nitrogen and oxygen atoms in total. The van der Waals surface area contributed by atoms with Crippen LogP contribution in [0, 0.1) is 0 Å². The third-order valence-electron chi connectivity index (χ3n) is 4.82. The van der Waals surface area contributed by atoms with Crippen molar-refractivity contribution in [3.8, 4) is 11.5 Å². The third kappa shape index (κ3) is 5.95. The van der Waals surface area contributed by atoms with Gasteiger partial charge in [0.05, 0.1) is 25.2 Å². The van der Waals surface area contributed by atoms with Crippen LogP contribution in [0.15, 0.2) is 54.6 Å². The molecule has 1 fully saturated rings. The zero-order valence-corrected chi connectivity index (χ0v) is 17.2. The predicted octanol–water partition coefficient (Wildman–Crippen LogP) is 1.66. The van der Waals surface area contributed by atoms with Gasteiger partial charge >= 0.3 is 0 Å². The molecule has 0 bridgehead atoms. The number of sulfone groups is 1. The van der Waals surface area contributed by atoms with Gasteiger partial charge in [-0.25, -0.2) is 8.42 Å². The van der Waals surface area contributed by atoms with Crippen LogP contribution in [-0.2, 0) is 14.6 Å². The molecule has 1 saturated heterocycles. The standard InChI is InChI=1S/C21H26N2O5S/c1-27-18-8-5-9-19(16-18)28-13-10-22-21(24)20(17-6-3-2-4-7-17)23-11-14-29(25,26)15-12-23/h2-9,16,20H,10-15H2,1H3,(H,22,24). The highest BCUT2D eigenvalue weighted by Crippen LogP contribution is 2.23. The molecule has 29 heavy (non-hydrogen) atoms. The van der Waals surface area contributed by atoms with Crippen molar-refractivity contribution in [2.45, 2.75) is 6.04 Å². The van der Waals surface area contributed by atoms with Crippen LogP contribution < -0.4 is 14.8 Å². The van der Waals surface area contributed by atoms with Gasteiger partial charge in [-0.3, -0.25) is 9.69 Å². The Morgan fingerprint density at radius 1 is 1.07 bits per heavy atom. The van der Waals surface area contributed by atoms with Crippen LogP contribution in [-0.4, -0.2) is 64.1 Å². The number of hydrogen-bond donors (Lipinski definition) is 1. The van der Waals surface area contributed by atoms with Gasteiger partial charge in [-0.05, 0) is 17.7 Å². The van der Waals surface area contributed by atoms with Gasteiger partial charge in [0, 0.05) is 19.2 Å². The van der Waals surface area contributed by atoms with E-state index in [1.807, 2.05) is 53.4 Å². The van der Waals surface area contributed by atoms with Gasteiger partial charge in [0.1, 0.15) is 24.1 Å². The number of ether oxygens (including phenoxy) is 2. The minimum atomic E-state index is -3.02. The van der Waals surface area contributed by atoms with Crippen LogP contribution in [0.3, 0.4) is 0 Å². The number of carbonyl (C=O) groups excluding carboxylic acids is 1. The minimum Gasteiger partial charge on any atom is -0.497 e. The Bertz CT molecular complexity index is 904. The van der Waals surface area contributed by atoms with Crippen molar-refractivity contribution >= 4 is 15.7 Å².